The summed E-state index contributed by atoms with van der Waals surface area (Å²) < 4.78 is 6.93. The Morgan fingerprint density at radius 1 is 1.09 bits per heavy atom. The number of aryl methyl sites for hydroxylation is 1. The van der Waals surface area contributed by atoms with E-state index >= 15 is 0 Å². The number of rotatable bonds is 5. The Morgan fingerprint density at radius 2 is 1.81 bits per heavy atom. The molecule has 2 aromatic carbocycles. The van der Waals surface area contributed by atoms with Gasteiger partial charge in [0.05, 0.1) is 22.8 Å². The molecule has 0 bridgehead atoms. The van der Waals surface area contributed by atoms with Gasteiger partial charge in [0.25, 0.3) is 5.91 Å². The molecule has 1 aromatic heterocycles. The molecule has 3 aromatic rings. The maximum Gasteiger partial charge on any atom is 0.331 e. The molecular formula is C24H22N4O4. The van der Waals surface area contributed by atoms with Crippen molar-refractivity contribution >= 4 is 35.2 Å². The summed E-state index contributed by atoms with van der Waals surface area (Å²) in [6.45, 7) is 3.19. The Bertz CT molecular complexity index is 1210. The van der Waals surface area contributed by atoms with Crippen LogP contribution in [0.1, 0.15) is 17.0 Å². The fourth-order valence-corrected chi connectivity index (χ4v) is 3.58. The summed E-state index contributed by atoms with van der Waals surface area (Å²) in [4.78, 5) is 38.0. The summed E-state index contributed by atoms with van der Waals surface area (Å²) in [6, 6.07) is 16.7. The van der Waals surface area contributed by atoms with Crippen molar-refractivity contribution in [2.45, 2.75) is 13.8 Å². The van der Waals surface area contributed by atoms with Crippen LogP contribution in [0.15, 0.2) is 60.7 Å². The quantitative estimate of drug-likeness (QED) is 0.496. The van der Waals surface area contributed by atoms with Crippen LogP contribution in [0.2, 0.25) is 0 Å². The molecule has 0 saturated carbocycles. The number of esters is 1. The van der Waals surface area contributed by atoms with Gasteiger partial charge in [-0.15, -0.1) is 0 Å². The van der Waals surface area contributed by atoms with Gasteiger partial charge in [0.2, 0.25) is 5.91 Å². The lowest BCUT2D eigenvalue weighted by Crippen LogP contribution is -2.43. The molecule has 0 saturated heterocycles. The molecule has 2 amide bonds. The van der Waals surface area contributed by atoms with Crippen molar-refractivity contribution in [2.24, 2.45) is 0 Å². The van der Waals surface area contributed by atoms with Crippen molar-refractivity contribution in [2.75, 3.05) is 23.4 Å². The molecule has 0 unspecified atom stereocenters. The highest BCUT2D eigenvalue weighted by atomic mass is 16.5. The van der Waals surface area contributed by atoms with Gasteiger partial charge in [-0.3, -0.25) is 14.5 Å². The minimum Gasteiger partial charge on any atom is -0.452 e. The van der Waals surface area contributed by atoms with Crippen LogP contribution in [0, 0.1) is 13.8 Å². The fraction of sp³-hybridized carbons (Fsp3) is 0.167. The maximum atomic E-state index is 12.6. The first-order valence-corrected chi connectivity index (χ1v) is 10.1. The predicted molar refractivity (Wildman–Crippen MR) is 120 cm³/mol. The van der Waals surface area contributed by atoms with Gasteiger partial charge in [-0.25, -0.2) is 9.48 Å². The normalized spacial score (nSPS) is 13.1. The third-order valence-corrected chi connectivity index (χ3v) is 5.14. The fourth-order valence-electron chi connectivity index (χ4n) is 3.58. The minimum atomic E-state index is -0.653. The Labute approximate surface area is 185 Å². The number of hydrogen-bond donors (Lipinski definition) is 1. The molecule has 0 fully saturated rings. The SMILES string of the molecule is Cc1nn(-c2ccccc2)c(C)c1C=CC(=O)OCC(=O)N1CC(=O)Nc2ccccc21. The topological polar surface area (TPSA) is 93.5 Å². The van der Waals surface area contributed by atoms with E-state index in [9.17, 15) is 14.4 Å². The number of para-hydroxylation sites is 3. The zero-order chi connectivity index (χ0) is 22.7. The zero-order valence-corrected chi connectivity index (χ0v) is 17.7. The molecule has 1 aliphatic rings. The number of carbonyl (C=O) groups excluding carboxylic acids is 3. The molecule has 0 spiro atoms. The minimum absolute atomic E-state index is 0.125. The van der Waals surface area contributed by atoms with Crippen LogP contribution in [-0.4, -0.2) is 40.7 Å². The molecule has 8 heteroatoms. The Hall–Kier alpha value is -4.20. The van der Waals surface area contributed by atoms with Crippen LogP contribution >= 0.6 is 0 Å². The highest BCUT2D eigenvalue weighted by Gasteiger charge is 2.27. The lowest BCUT2D eigenvalue weighted by Gasteiger charge is -2.28. The molecule has 0 radical (unpaired) electrons. The maximum absolute atomic E-state index is 12.6. The van der Waals surface area contributed by atoms with Crippen molar-refractivity contribution in [3.05, 3.63) is 77.6 Å². The summed E-state index contributed by atoms with van der Waals surface area (Å²) in [7, 11) is 0. The molecule has 0 aliphatic carbocycles. The average Bonchev–Trinajstić information content (AvgIpc) is 3.09. The molecule has 1 aliphatic heterocycles. The van der Waals surface area contributed by atoms with Crippen molar-refractivity contribution in [3.63, 3.8) is 0 Å². The number of fused-ring (bicyclic) bond motifs is 1. The second-order valence-electron chi connectivity index (χ2n) is 7.32. The molecule has 162 valence electrons. The third kappa shape index (κ3) is 4.29. The lowest BCUT2D eigenvalue weighted by atomic mass is 10.2. The summed E-state index contributed by atoms with van der Waals surface area (Å²) in [5, 5.41) is 7.25. The van der Waals surface area contributed by atoms with Crippen LogP contribution < -0.4 is 10.2 Å². The van der Waals surface area contributed by atoms with Gasteiger partial charge in [-0.2, -0.15) is 5.10 Å². The number of benzene rings is 2. The Kier molecular flexibility index (Phi) is 5.85. The van der Waals surface area contributed by atoms with E-state index in [1.54, 1.807) is 30.3 Å². The number of anilines is 2. The standard InChI is InChI=1S/C24H22N4O4/c1-16-19(17(2)28(26-16)18-8-4-3-5-9-18)12-13-24(31)32-15-23(30)27-14-22(29)25-20-10-6-7-11-21(20)27/h3-13H,14-15H2,1-2H3,(H,25,29). The van der Waals surface area contributed by atoms with Crippen molar-refractivity contribution < 1.29 is 19.1 Å². The van der Waals surface area contributed by atoms with Crippen LogP contribution in [0.3, 0.4) is 0 Å². The van der Waals surface area contributed by atoms with Gasteiger partial charge in [0.1, 0.15) is 6.54 Å². The molecule has 1 N–H and O–H groups in total. The number of amides is 2. The Morgan fingerprint density at radius 3 is 2.59 bits per heavy atom. The van der Waals surface area contributed by atoms with Gasteiger partial charge in [-0.1, -0.05) is 30.3 Å². The number of nitrogens with one attached hydrogen (secondary N) is 1. The summed E-state index contributed by atoms with van der Waals surface area (Å²) in [5.74, 6) is -1.43. The van der Waals surface area contributed by atoms with E-state index in [0.717, 1.165) is 22.6 Å². The van der Waals surface area contributed by atoms with E-state index in [4.69, 9.17) is 4.74 Å². The summed E-state index contributed by atoms with van der Waals surface area (Å²) in [6.07, 6.45) is 2.91. The van der Waals surface area contributed by atoms with E-state index in [1.165, 1.54) is 11.0 Å². The van der Waals surface area contributed by atoms with Crippen LogP contribution in [0.4, 0.5) is 11.4 Å². The monoisotopic (exact) mass is 430 g/mol. The van der Waals surface area contributed by atoms with Crippen molar-refractivity contribution in [3.8, 4) is 5.69 Å². The highest BCUT2D eigenvalue weighted by Crippen LogP contribution is 2.28. The second-order valence-corrected chi connectivity index (χ2v) is 7.32. The average molecular weight is 430 g/mol. The smallest absolute Gasteiger partial charge is 0.331 e. The van der Waals surface area contributed by atoms with E-state index in [1.807, 2.05) is 48.9 Å². The van der Waals surface area contributed by atoms with Crippen LogP contribution in [0.25, 0.3) is 11.8 Å². The number of hydrogen-bond acceptors (Lipinski definition) is 5. The van der Waals surface area contributed by atoms with Crippen LogP contribution in [0.5, 0.6) is 0 Å². The van der Waals surface area contributed by atoms with Crippen LogP contribution in [-0.2, 0) is 19.1 Å². The van der Waals surface area contributed by atoms with Gasteiger partial charge in [-0.05, 0) is 44.2 Å². The molecule has 8 nitrogen and oxygen atoms in total. The van der Waals surface area contributed by atoms with Gasteiger partial charge >= 0.3 is 5.97 Å². The molecular weight excluding hydrogens is 408 g/mol. The molecule has 4 rings (SSSR count). The zero-order valence-electron chi connectivity index (χ0n) is 17.7. The van der Waals surface area contributed by atoms with E-state index in [0.29, 0.717) is 11.4 Å². The van der Waals surface area contributed by atoms with Gasteiger partial charge in [0.15, 0.2) is 6.61 Å². The van der Waals surface area contributed by atoms with E-state index < -0.39 is 18.5 Å². The highest BCUT2D eigenvalue weighted by molar-refractivity contribution is 6.10. The van der Waals surface area contributed by atoms with E-state index in [2.05, 4.69) is 10.4 Å². The number of carbonyl (C=O) groups is 3. The summed E-state index contributed by atoms with van der Waals surface area (Å²) in [5.41, 5.74) is 4.49. The molecule has 0 atom stereocenters. The molecule has 2 heterocycles. The van der Waals surface area contributed by atoms with E-state index in [-0.39, 0.29) is 12.5 Å². The second kappa shape index (κ2) is 8.89. The number of ether oxygens (including phenoxy) is 1. The lowest BCUT2D eigenvalue weighted by molar-refractivity contribution is -0.143. The number of nitrogens with zero attached hydrogens (tertiary/aromatic N) is 3. The first-order valence-electron chi connectivity index (χ1n) is 10.1. The van der Waals surface area contributed by atoms with Crippen molar-refractivity contribution in [1.82, 2.24) is 9.78 Å². The van der Waals surface area contributed by atoms with Gasteiger partial charge < -0.3 is 10.1 Å². The first-order chi connectivity index (χ1) is 15.4. The summed E-state index contributed by atoms with van der Waals surface area (Å²) >= 11 is 0. The Balaban J connectivity index is 1.41. The van der Waals surface area contributed by atoms with Crippen molar-refractivity contribution in [1.29, 1.82) is 0 Å². The molecule has 32 heavy (non-hydrogen) atoms. The third-order valence-electron chi connectivity index (χ3n) is 5.14. The predicted octanol–water partition coefficient (Wildman–Crippen LogP) is 3.03. The largest absolute Gasteiger partial charge is 0.452 e. The number of aromatic nitrogens is 2. The first kappa shape index (κ1) is 21.0. The van der Waals surface area contributed by atoms with Gasteiger partial charge in [0, 0.05) is 17.3 Å².